The summed E-state index contributed by atoms with van der Waals surface area (Å²) in [4.78, 5) is 38.1. The number of hydrogen-bond acceptors (Lipinski definition) is 6. The molecule has 0 fully saturated rings. The molecule has 8 heteroatoms. The smallest absolute Gasteiger partial charge is 0.340 e. The lowest BCUT2D eigenvalue weighted by atomic mass is 10.0. The Kier molecular flexibility index (Phi) is 5.92. The van der Waals surface area contributed by atoms with E-state index in [1.54, 1.807) is 19.1 Å². The number of methoxy groups -OCH3 is 2. The number of rotatable bonds is 5. The van der Waals surface area contributed by atoms with Gasteiger partial charge in [0, 0.05) is 17.5 Å². The Morgan fingerprint density at radius 2 is 1.77 bits per heavy atom. The standard InChI is InChI=1S/C23H22N2O6/c1-13-6-8-17(10-14(13)2)24-15(3)21(23(27)31-5)18(22(24)26)11-16-7-9-20(30-4)19(12-16)25(28)29/h6-12H,1-5H3/b18-11-. The Bertz CT molecular complexity index is 1160. The van der Waals surface area contributed by atoms with Gasteiger partial charge in [0.1, 0.15) is 0 Å². The van der Waals surface area contributed by atoms with Crippen LogP contribution in [0.25, 0.3) is 6.08 Å². The first-order chi connectivity index (χ1) is 14.7. The van der Waals surface area contributed by atoms with Crippen LogP contribution in [0.5, 0.6) is 5.75 Å². The maximum absolute atomic E-state index is 13.3. The SMILES string of the molecule is COC(=O)C1=C(C)N(c2ccc(C)c(C)c2)C(=O)/C1=C\c1ccc(OC)c([N+](=O)[O-])c1. The van der Waals surface area contributed by atoms with Crippen LogP contribution in [0.15, 0.2) is 53.2 Å². The summed E-state index contributed by atoms with van der Waals surface area (Å²) in [5.74, 6) is -0.979. The van der Waals surface area contributed by atoms with Gasteiger partial charge in [-0.2, -0.15) is 0 Å². The fourth-order valence-corrected chi connectivity index (χ4v) is 3.46. The molecule has 160 valence electrons. The van der Waals surface area contributed by atoms with Crippen molar-refractivity contribution in [3.8, 4) is 5.75 Å². The van der Waals surface area contributed by atoms with E-state index in [4.69, 9.17) is 9.47 Å². The van der Waals surface area contributed by atoms with E-state index in [9.17, 15) is 19.7 Å². The van der Waals surface area contributed by atoms with Crippen molar-refractivity contribution < 1.29 is 24.0 Å². The molecule has 1 aliphatic rings. The number of benzene rings is 2. The number of anilines is 1. The van der Waals surface area contributed by atoms with Crippen molar-refractivity contribution in [1.29, 1.82) is 0 Å². The molecule has 0 radical (unpaired) electrons. The summed E-state index contributed by atoms with van der Waals surface area (Å²) < 4.78 is 9.92. The fraction of sp³-hybridized carbons (Fsp3) is 0.217. The van der Waals surface area contributed by atoms with Crippen molar-refractivity contribution in [2.24, 2.45) is 0 Å². The summed E-state index contributed by atoms with van der Waals surface area (Å²) in [7, 11) is 2.57. The molecule has 0 saturated carbocycles. The molecule has 0 aromatic heterocycles. The number of carbonyl (C=O) groups excluding carboxylic acids is 2. The highest BCUT2D eigenvalue weighted by molar-refractivity contribution is 6.23. The summed E-state index contributed by atoms with van der Waals surface area (Å²) in [5.41, 5.74) is 3.48. The monoisotopic (exact) mass is 422 g/mol. The van der Waals surface area contributed by atoms with Crippen molar-refractivity contribution in [2.45, 2.75) is 20.8 Å². The van der Waals surface area contributed by atoms with Gasteiger partial charge < -0.3 is 9.47 Å². The Morgan fingerprint density at radius 1 is 1.06 bits per heavy atom. The van der Waals surface area contributed by atoms with Crippen LogP contribution in [0.1, 0.15) is 23.6 Å². The van der Waals surface area contributed by atoms with Crippen LogP contribution < -0.4 is 9.64 Å². The van der Waals surface area contributed by atoms with Crippen LogP contribution in [0.3, 0.4) is 0 Å². The molecule has 3 rings (SSSR count). The van der Waals surface area contributed by atoms with Crippen LogP contribution >= 0.6 is 0 Å². The van der Waals surface area contributed by atoms with Crippen molar-refractivity contribution in [1.82, 2.24) is 0 Å². The summed E-state index contributed by atoms with van der Waals surface area (Å²) in [6.07, 6.45) is 1.45. The number of allylic oxidation sites excluding steroid dienone is 1. The third kappa shape index (κ3) is 3.92. The van der Waals surface area contributed by atoms with Crippen LogP contribution in [-0.2, 0) is 14.3 Å². The zero-order chi connectivity index (χ0) is 22.9. The second kappa shape index (κ2) is 8.43. The van der Waals surface area contributed by atoms with Crippen molar-refractivity contribution in [2.75, 3.05) is 19.1 Å². The molecular formula is C23H22N2O6. The Morgan fingerprint density at radius 3 is 2.35 bits per heavy atom. The molecule has 2 aromatic carbocycles. The zero-order valence-corrected chi connectivity index (χ0v) is 17.9. The number of nitrogens with zero attached hydrogens (tertiary/aromatic N) is 2. The summed E-state index contributed by atoms with van der Waals surface area (Å²) in [6.45, 7) is 5.57. The van der Waals surface area contributed by atoms with Crippen molar-refractivity contribution in [3.63, 3.8) is 0 Å². The molecule has 0 atom stereocenters. The topological polar surface area (TPSA) is 99.0 Å². The molecule has 0 bridgehead atoms. The molecule has 1 amide bonds. The zero-order valence-electron chi connectivity index (χ0n) is 17.9. The number of aryl methyl sites for hydroxylation is 2. The van der Waals surface area contributed by atoms with Crippen LogP contribution in [0, 0.1) is 24.0 Å². The fourth-order valence-electron chi connectivity index (χ4n) is 3.46. The lowest BCUT2D eigenvalue weighted by Gasteiger charge is -2.19. The Balaban J connectivity index is 2.16. The van der Waals surface area contributed by atoms with E-state index in [1.165, 1.54) is 37.3 Å². The van der Waals surface area contributed by atoms with Crippen LogP contribution in [0.2, 0.25) is 0 Å². The summed E-state index contributed by atoms with van der Waals surface area (Å²) in [6, 6.07) is 9.89. The molecule has 0 N–H and O–H groups in total. The van der Waals surface area contributed by atoms with Gasteiger partial charge in [-0.25, -0.2) is 4.79 Å². The molecule has 0 spiro atoms. The van der Waals surface area contributed by atoms with Crippen molar-refractivity contribution in [3.05, 3.63) is 80.0 Å². The van der Waals surface area contributed by atoms with E-state index >= 15 is 0 Å². The van der Waals surface area contributed by atoms with Crippen LogP contribution in [-0.4, -0.2) is 31.0 Å². The number of amides is 1. The maximum atomic E-state index is 13.3. The van der Waals surface area contributed by atoms with Gasteiger partial charge in [0.2, 0.25) is 0 Å². The largest absolute Gasteiger partial charge is 0.490 e. The number of nitro benzene ring substituents is 1. The maximum Gasteiger partial charge on any atom is 0.340 e. The highest BCUT2D eigenvalue weighted by Crippen LogP contribution is 2.37. The minimum atomic E-state index is -0.661. The highest BCUT2D eigenvalue weighted by Gasteiger charge is 2.38. The van der Waals surface area contributed by atoms with Gasteiger partial charge in [-0.15, -0.1) is 0 Å². The third-order valence-electron chi connectivity index (χ3n) is 5.25. The molecule has 1 heterocycles. The van der Waals surface area contributed by atoms with E-state index in [0.717, 1.165) is 11.1 Å². The average molecular weight is 422 g/mol. The second-order valence-electron chi connectivity index (χ2n) is 7.11. The van der Waals surface area contributed by atoms with Crippen LogP contribution in [0.4, 0.5) is 11.4 Å². The molecule has 8 nitrogen and oxygen atoms in total. The predicted molar refractivity (Wildman–Crippen MR) is 116 cm³/mol. The van der Waals surface area contributed by atoms with E-state index < -0.39 is 16.8 Å². The van der Waals surface area contributed by atoms with E-state index in [2.05, 4.69) is 0 Å². The molecule has 2 aromatic rings. The van der Waals surface area contributed by atoms with Crippen molar-refractivity contribution >= 4 is 29.3 Å². The van der Waals surface area contributed by atoms with Gasteiger partial charge in [0.05, 0.1) is 30.3 Å². The highest BCUT2D eigenvalue weighted by atomic mass is 16.6. The lowest BCUT2D eigenvalue weighted by Crippen LogP contribution is -2.24. The third-order valence-corrected chi connectivity index (χ3v) is 5.25. The molecule has 0 aliphatic carbocycles. The molecule has 0 unspecified atom stereocenters. The number of nitro groups is 1. The quantitative estimate of drug-likeness (QED) is 0.311. The van der Waals surface area contributed by atoms with Gasteiger partial charge in [0.25, 0.3) is 5.91 Å². The first-order valence-corrected chi connectivity index (χ1v) is 9.45. The Labute approximate surface area is 179 Å². The minimum absolute atomic E-state index is 0.0987. The first-order valence-electron chi connectivity index (χ1n) is 9.45. The Hall–Kier alpha value is -3.94. The van der Waals surface area contributed by atoms with Gasteiger partial charge in [-0.05, 0) is 61.7 Å². The number of carbonyl (C=O) groups is 2. The molecule has 31 heavy (non-hydrogen) atoms. The second-order valence-corrected chi connectivity index (χ2v) is 7.11. The van der Waals surface area contributed by atoms with Gasteiger partial charge in [0.15, 0.2) is 5.75 Å². The first kappa shape index (κ1) is 21.8. The van der Waals surface area contributed by atoms with E-state index in [-0.39, 0.29) is 22.6 Å². The summed E-state index contributed by atoms with van der Waals surface area (Å²) >= 11 is 0. The van der Waals surface area contributed by atoms with Gasteiger partial charge in [-0.3, -0.25) is 19.8 Å². The normalized spacial score (nSPS) is 14.9. The van der Waals surface area contributed by atoms with Gasteiger partial charge >= 0.3 is 11.7 Å². The molecule has 1 aliphatic heterocycles. The molecular weight excluding hydrogens is 400 g/mol. The lowest BCUT2D eigenvalue weighted by molar-refractivity contribution is -0.385. The number of ether oxygens (including phenoxy) is 2. The average Bonchev–Trinajstić information content (AvgIpc) is 2.99. The van der Waals surface area contributed by atoms with Gasteiger partial charge in [-0.1, -0.05) is 12.1 Å². The number of hydrogen-bond donors (Lipinski definition) is 0. The minimum Gasteiger partial charge on any atom is -0.490 e. The predicted octanol–water partition coefficient (Wildman–Crippen LogP) is 4.10. The van der Waals surface area contributed by atoms with E-state index in [0.29, 0.717) is 16.9 Å². The van der Waals surface area contributed by atoms with E-state index in [1.807, 2.05) is 26.0 Å². The molecule has 0 saturated heterocycles. The number of esters is 1. The summed E-state index contributed by atoms with van der Waals surface area (Å²) in [5, 5.41) is 11.3.